The van der Waals surface area contributed by atoms with Gasteiger partial charge in [-0.3, -0.25) is 4.79 Å². The van der Waals surface area contributed by atoms with Gasteiger partial charge in [0.05, 0.1) is 20.3 Å². The maximum absolute atomic E-state index is 12.4. The van der Waals surface area contributed by atoms with Crippen LogP contribution in [0.3, 0.4) is 0 Å². The molecule has 0 saturated carbocycles. The van der Waals surface area contributed by atoms with E-state index >= 15 is 0 Å². The third-order valence-corrected chi connectivity index (χ3v) is 4.26. The number of nitrogens with two attached hydrogens (primary N) is 1. The van der Waals surface area contributed by atoms with Crippen LogP contribution >= 0.6 is 0 Å². The molecule has 0 aromatic heterocycles. The van der Waals surface area contributed by atoms with Crippen molar-refractivity contribution in [2.45, 2.75) is 44.7 Å². The zero-order chi connectivity index (χ0) is 16.1. The number of benzene rings is 1. The van der Waals surface area contributed by atoms with Crippen molar-refractivity contribution in [1.82, 2.24) is 4.90 Å². The smallest absolute Gasteiger partial charge is 0.223 e. The minimum absolute atomic E-state index is 0.0874. The highest BCUT2D eigenvalue weighted by Gasteiger charge is 2.36. The maximum Gasteiger partial charge on any atom is 0.223 e. The second-order valence-corrected chi connectivity index (χ2v) is 5.70. The van der Waals surface area contributed by atoms with Gasteiger partial charge in [0, 0.05) is 24.6 Å². The van der Waals surface area contributed by atoms with Crippen molar-refractivity contribution in [3.8, 4) is 11.5 Å². The molecule has 22 heavy (non-hydrogen) atoms. The maximum atomic E-state index is 12.4. The van der Waals surface area contributed by atoms with Crippen molar-refractivity contribution in [2.75, 3.05) is 20.8 Å². The van der Waals surface area contributed by atoms with E-state index in [1.54, 1.807) is 14.2 Å². The van der Waals surface area contributed by atoms with Gasteiger partial charge in [-0.05, 0) is 31.0 Å². The summed E-state index contributed by atoms with van der Waals surface area (Å²) in [6.07, 6.45) is 3.24. The largest absolute Gasteiger partial charge is 0.497 e. The van der Waals surface area contributed by atoms with Crippen molar-refractivity contribution in [1.29, 1.82) is 0 Å². The molecule has 1 aromatic carbocycles. The first-order valence-electron chi connectivity index (χ1n) is 7.89. The molecule has 1 aliphatic rings. The van der Waals surface area contributed by atoms with Crippen LogP contribution in [-0.4, -0.2) is 37.6 Å². The quantitative estimate of drug-likeness (QED) is 0.877. The Kier molecular flexibility index (Phi) is 5.66. The molecule has 1 aromatic rings. The zero-order valence-electron chi connectivity index (χ0n) is 13.7. The molecule has 1 aliphatic heterocycles. The summed E-state index contributed by atoms with van der Waals surface area (Å²) in [5, 5.41) is 0. The third-order valence-electron chi connectivity index (χ3n) is 4.26. The highest BCUT2D eigenvalue weighted by Crippen LogP contribution is 2.38. The number of hydrogen-bond donors (Lipinski definition) is 1. The van der Waals surface area contributed by atoms with E-state index < -0.39 is 0 Å². The van der Waals surface area contributed by atoms with Gasteiger partial charge in [-0.2, -0.15) is 0 Å². The Labute approximate surface area is 132 Å². The van der Waals surface area contributed by atoms with Gasteiger partial charge in [0.25, 0.3) is 0 Å². The molecule has 0 radical (unpaired) electrons. The minimum atomic E-state index is -0.155. The number of unbranched alkanes of at least 4 members (excludes halogenated alkanes) is 1. The number of hydrogen-bond acceptors (Lipinski definition) is 4. The molecule has 5 heteroatoms. The van der Waals surface area contributed by atoms with Crippen molar-refractivity contribution < 1.29 is 14.3 Å². The van der Waals surface area contributed by atoms with E-state index in [1.807, 2.05) is 23.1 Å². The van der Waals surface area contributed by atoms with Gasteiger partial charge in [0.15, 0.2) is 0 Å². The molecule has 1 amide bonds. The second kappa shape index (κ2) is 7.49. The van der Waals surface area contributed by atoms with Crippen LogP contribution in [0.15, 0.2) is 18.2 Å². The molecule has 2 atom stereocenters. The van der Waals surface area contributed by atoms with E-state index in [9.17, 15) is 4.79 Å². The van der Waals surface area contributed by atoms with Crippen LogP contribution in [-0.2, 0) is 4.79 Å². The molecule has 0 spiro atoms. The Morgan fingerprint density at radius 3 is 2.73 bits per heavy atom. The monoisotopic (exact) mass is 306 g/mol. The molecule has 5 nitrogen and oxygen atoms in total. The molecule has 1 saturated heterocycles. The SMILES string of the molecule is CCCCN1C(=O)CCC(N)C1c1cc(OC)ccc1OC. The van der Waals surface area contributed by atoms with Gasteiger partial charge in [-0.1, -0.05) is 13.3 Å². The lowest BCUT2D eigenvalue weighted by Gasteiger charge is -2.40. The van der Waals surface area contributed by atoms with Gasteiger partial charge >= 0.3 is 0 Å². The summed E-state index contributed by atoms with van der Waals surface area (Å²) in [6.45, 7) is 2.85. The number of likely N-dealkylation sites (tertiary alicyclic amines) is 1. The van der Waals surface area contributed by atoms with Crippen molar-refractivity contribution in [2.24, 2.45) is 5.73 Å². The predicted molar refractivity (Wildman–Crippen MR) is 86.1 cm³/mol. The summed E-state index contributed by atoms with van der Waals surface area (Å²) in [4.78, 5) is 14.3. The van der Waals surface area contributed by atoms with Crippen molar-refractivity contribution >= 4 is 5.91 Å². The van der Waals surface area contributed by atoms with E-state index in [1.165, 1.54) is 0 Å². The Bertz CT molecular complexity index is 519. The fraction of sp³-hybridized carbons (Fsp3) is 0.588. The number of carbonyl (C=O) groups is 1. The summed E-state index contributed by atoms with van der Waals surface area (Å²) in [5.41, 5.74) is 7.29. The summed E-state index contributed by atoms with van der Waals surface area (Å²) in [5.74, 6) is 1.67. The van der Waals surface area contributed by atoms with Gasteiger partial charge in [0.2, 0.25) is 5.91 Å². The molecule has 122 valence electrons. The fourth-order valence-corrected chi connectivity index (χ4v) is 3.04. The van der Waals surface area contributed by atoms with Gasteiger partial charge in [-0.25, -0.2) is 0 Å². The Hall–Kier alpha value is -1.75. The van der Waals surface area contributed by atoms with E-state index in [2.05, 4.69) is 6.92 Å². The number of rotatable bonds is 6. The van der Waals surface area contributed by atoms with E-state index in [4.69, 9.17) is 15.2 Å². The molecule has 0 aliphatic carbocycles. The Morgan fingerprint density at radius 1 is 1.32 bits per heavy atom. The van der Waals surface area contributed by atoms with E-state index in [0.29, 0.717) is 12.8 Å². The van der Waals surface area contributed by atoms with Crippen molar-refractivity contribution in [3.05, 3.63) is 23.8 Å². The van der Waals surface area contributed by atoms with Gasteiger partial charge < -0.3 is 20.1 Å². The fourth-order valence-electron chi connectivity index (χ4n) is 3.04. The first-order chi connectivity index (χ1) is 10.6. The zero-order valence-corrected chi connectivity index (χ0v) is 13.7. The average Bonchev–Trinajstić information content (AvgIpc) is 2.55. The highest BCUT2D eigenvalue weighted by molar-refractivity contribution is 5.78. The number of carbonyl (C=O) groups excluding carboxylic acids is 1. The first-order valence-corrected chi connectivity index (χ1v) is 7.89. The molecule has 2 N–H and O–H groups in total. The molecule has 1 heterocycles. The molecular formula is C17H26N2O3. The van der Waals surface area contributed by atoms with Crippen molar-refractivity contribution in [3.63, 3.8) is 0 Å². The highest BCUT2D eigenvalue weighted by atomic mass is 16.5. The van der Waals surface area contributed by atoms with Gasteiger partial charge in [-0.15, -0.1) is 0 Å². The molecule has 2 rings (SSSR count). The number of piperidine rings is 1. The number of amides is 1. The Balaban J connectivity index is 2.41. The van der Waals surface area contributed by atoms with E-state index in [-0.39, 0.29) is 18.0 Å². The lowest BCUT2D eigenvalue weighted by Crippen LogP contribution is -2.49. The topological polar surface area (TPSA) is 64.8 Å². The van der Waals surface area contributed by atoms with E-state index in [0.717, 1.165) is 36.4 Å². The number of methoxy groups -OCH3 is 2. The lowest BCUT2D eigenvalue weighted by atomic mass is 9.89. The van der Waals surface area contributed by atoms with Crippen LogP contribution in [0.5, 0.6) is 11.5 Å². The third kappa shape index (κ3) is 3.35. The number of nitrogens with zero attached hydrogens (tertiary/aromatic N) is 1. The van der Waals surface area contributed by atoms with Crippen LogP contribution in [0.1, 0.15) is 44.2 Å². The van der Waals surface area contributed by atoms with Gasteiger partial charge in [0.1, 0.15) is 11.5 Å². The summed E-state index contributed by atoms with van der Waals surface area (Å²) in [7, 11) is 3.27. The number of ether oxygens (including phenoxy) is 2. The summed E-state index contributed by atoms with van der Waals surface area (Å²) >= 11 is 0. The van der Waals surface area contributed by atoms with Crippen LogP contribution in [0, 0.1) is 0 Å². The molecular weight excluding hydrogens is 280 g/mol. The predicted octanol–water partition coefficient (Wildman–Crippen LogP) is 2.49. The van der Waals surface area contributed by atoms with Crippen LogP contribution in [0.4, 0.5) is 0 Å². The molecule has 0 bridgehead atoms. The first kappa shape index (κ1) is 16.6. The van der Waals surface area contributed by atoms with Crippen LogP contribution in [0.2, 0.25) is 0 Å². The lowest BCUT2D eigenvalue weighted by molar-refractivity contribution is -0.137. The second-order valence-electron chi connectivity index (χ2n) is 5.70. The van der Waals surface area contributed by atoms with Crippen LogP contribution < -0.4 is 15.2 Å². The average molecular weight is 306 g/mol. The minimum Gasteiger partial charge on any atom is -0.497 e. The summed E-state index contributed by atoms with van der Waals surface area (Å²) in [6, 6.07) is 5.42. The molecule has 1 fully saturated rings. The molecule has 2 unspecified atom stereocenters. The Morgan fingerprint density at radius 2 is 2.09 bits per heavy atom. The normalized spacial score (nSPS) is 21.8. The standard InChI is InChI=1S/C17H26N2O3/c1-4-5-10-19-16(20)9-7-14(18)17(19)13-11-12(21-2)6-8-15(13)22-3/h6,8,11,14,17H,4-5,7,9-10,18H2,1-3H3. The summed E-state index contributed by atoms with van der Waals surface area (Å²) < 4.78 is 10.8. The van der Waals surface area contributed by atoms with Crippen LogP contribution in [0.25, 0.3) is 0 Å².